The number of nitrogens with one attached hydrogen (secondary N) is 1. The Morgan fingerprint density at radius 1 is 1.35 bits per heavy atom. The van der Waals surface area contributed by atoms with Gasteiger partial charge in [0, 0.05) is 24.8 Å². The van der Waals surface area contributed by atoms with E-state index in [4.69, 9.17) is 0 Å². The predicted octanol–water partition coefficient (Wildman–Crippen LogP) is 3.00. The van der Waals surface area contributed by atoms with Crippen LogP contribution in [0.2, 0.25) is 0 Å². The Morgan fingerprint density at radius 2 is 2.12 bits per heavy atom. The summed E-state index contributed by atoms with van der Waals surface area (Å²) in [6.07, 6.45) is 9.09. The average molecular weight is 237 g/mol. The summed E-state index contributed by atoms with van der Waals surface area (Å²) in [5.74, 6) is 0. The molecule has 0 bridgehead atoms. The fourth-order valence-electron chi connectivity index (χ4n) is 2.14. The van der Waals surface area contributed by atoms with Gasteiger partial charge in [-0.1, -0.05) is 33.6 Å². The Balaban J connectivity index is 2.51. The molecule has 1 rings (SSSR count). The van der Waals surface area contributed by atoms with Crippen LogP contribution in [0.25, 0.3) is 0 Å². The lowest BCUT2D eigenvalue weighted by Crippen LogP contribution is -2.36. The molecule has 1 unspecified atom stereocenters. The number of hydrogen-bond donors (Lipinski definition) is 1. The molecule has 0 radical (unpaired) electrons. The normalized spacial score (nSPS) is 13.2. The van der Waals surface area contributed by atoms with Crippen molar-refractivity contribution in [2.24, 2.45) is 0 Å². The van der Waals surface area contributed by atoms with Gasteiger partial charge in [0.1, 0.15) is 0 Å². The van der Waals surface area contributed by atoms with Gasteiger partial charge in [-0.25, -0.2) is 0 Å². The summed E-state index contributed by atoms with van der Waals surface area (Å²) >= 11 is 0. The fourth-order valence-corrected chi connectivity index (χ4v) is 2.14. The minimum atomic E-state index is 0.554. The molecule has 0 saturated heterocycles. The molecule has 0 fully saturated rings. The zero-order valence-electron chi connectivity index (χ0n) is 11.7. The van der Waals surface area contributed by atoms with E-state index in [1.54, 1.807) is 0 Å². The van der Waals surface area contributed by atoms with Gasteiger partial charge in [0.25, 0.3) is 0 Å². The minimum absolute atomic E-state index is 0.554. The first kappa shape index (κ1) is 14.2. The van der Waals surface area contributed by atoms with Crippen molar-refractivity contribution in [2.75, 3.05) is 0 Å². The topological polar surface area (TPSA) is 29.9 Å². The first-order valence-corrected chi connectivity index (χ1v) is 6.93. The van der Waals surface area contributed by atoms with E-state index >= 15 is 0 Å². The summed E-state index contributed by atoms with van der Waals surface area (Å²) in [6.45, 7) is 9.76. The maximum absolute atomic E-state index is 4.34. The molecule has 0 aliphatic rings. The van der Waals surface area contributed by atoms with Crippen molar-refractivity contribution in [1.82, 2.24) is 15.1 Å². The van der Waals surface area contributed by atoms with Gasteiger partial charge in [-0.15, -0.1) is 0 Å². The quantitative estimate of drug-likeness (QED) is 0.753. The van der Waals surface area contributed by atoms with Crippen molar-refractivity contribution in [3.05, 3.63) is 18.0 Å². The largest absolute Gasteiger partial charge is 0.311 e. The van der Waals surface area contributed by atoms with Crippen molar-refractivity contribution >= 4 is 0 Å². The van der Waals surface area contributed by atoms with Crippen LogP contribution < -0.4 is 5.32 Å². The number of aromatic nitrogens is 2. The second kappa shape index (κ2) is 7.49. The number of unbranched alkanes of at least 4 members (excludes halogenated alkanes) is 1. The van der Waals surface area contributed by atoms with Crippen LogP contribution in [0, 0.1) is 0 Å². The van der Waals surface area contributed by atoms with Crippen molar-refractivity contribution in [3.8, 4) is 0 Å². The fraction of sp³-hybridized carbons (Fsp3) is 0.786. The first-order valence-electron chi connectivity index (χ1n) is 6.93. The number of hydrogen-bond acceptors (Lipinski definition) is 2. The van der Waals surface area contributed by atoms with Crippen LogP contribution in [0.1, 0.15) is 52.5 Å². The first-order chi connectivity index (χ1) is 8.15. The third-order valence-corrected chi connectivity index (χ3v) is 2.97. The smallest absolute Gasteiger partial charge is 0.0522 e. The van der Waals surface area contributed by atoms with Crippen LogP contribution in [0.4, 0.5) is 0 Å². The molecule has 1 aromatic rings. The SMILES string of the molecule is CCCCC(Cc1cnn(CC)c1)NC(C)C. The van der Waals surface area contributed by atoms with Gasteiger partial charge in [-0.3, -0.25) is 4.68 Å². The highest BCUT2D eigenvalue weighted by molar-refractivity contribution is 5.06. The van der Waals surface area contributed by atoms with Gasteiger partial charge in [-0.05, 0) is 25.3 Å². The third-order valence-electron chi connectivity index (χ3n) is 2.97. The summed E-state index contributed by atoms with van der Waals surface area (Å²) in [6, 6.07) is 1.14. The van der Waals surface area contributed by atoms with Crippen LogP contribution in [0.3, 0.4) is 0 Å². The van der Waals surface area contributed by atoms with Gasteiger partial charge in [0.2, 0.25) is 0 Å². The zero-order chi connectivity index (χ0) is 12.7. The van der Waals surface area contributed by atoms with E-state index in [2.05, 4.69) is 44.3 Å². The standard InChI is InChI=1S/C14H27N3/c1-5-7-8-14(16-12(3)4)9-13-10-15-17(6-2)11-13/h10-12,14,16H,5-9H2,1-4H3. The van der Waals surface area contributed by atoms with Gasteiger partial charge >= 0.3 is 0 Å². The van der Waals surface area contributed by atoms with Crippen LogP contribution in [0.5, 0.6) is 0 Å². The summed E-state index contributed by atoms with van der Waals surface area (Å²) in [4.78, 5) is 0. The van der Waals surface area contributed by atoms with E-state index in [0.717, 1.165) is 13.0 Å². The summed E-state index contributed by atoms with van der Waals surface area (Å²) < 4.78 is 2.00. The minimum Gasteiger partial charge on any atom is -0.311 e. The van der Waals surface area contributed by atoms with E-state index in [1.807, 2.05) is 10.9 Å². The highest BCUT2D eigenvalue weighted by Crippen LogP contribution is 2.09. The van der Waals surface area contributed by atoms with E-state index in [0.29, 0.717) is 12.1 Å². The van der Waals surface area contributed by atoms with Gasteiger partial charge in [0.05, 0.1) is 6.20 Å². The molecule has 17 heavy (non-hydrogen) atoms. The molecule has 0 aliphatic heterocycles. The van der Waals surface area contributed by atoms with Crippen LogP contribution in [-0.2, 0) is 13.0 Å². The summed E-state index contributed by atoms with van der Waals surface area (Å²) in [7, 11) is 0. The maximum atomic E-state index is 4.34. The number of aryl methyl sites for hydroxylation is 1. The van der Waals surface area contributed by atoms with Crippen LogP contribution >= 0.6 is 0 Å². The predicted molar refractivity (Wildman–Crippen MR) is 73.2 cm³/mol. The molecule has 1 atom stereocenters. The second-order valence-electron chi connectivity index (χ2n) is 5.07. The van der Waals surface area contributed by atoms with Gasteiger partial charge in [0.15, 0.2) is 0 Å². The molecule has 98 valence electrons. The molecule has 3 heteroatoms. The maximum Gasteiger partial charge on any atom is 0.0522 e. The molecule has 0 amide bonds. The van der Waals surface area contributed by atoms with E-state index in [-0.39, 0.29) is 0 Å². The van der Waals surface area contributed by atoms with E-state index in [9.17, 15) is 0 Å². The molecule has 1 N–H and O–H groups in total. The highest BCUT2D eigenvalue weighted by Gasteiger charge is 2.11. The highest BCUT2D eigenvalue weighted by atomic mass is 15.3. The van der Waals surface area contributed by atoms with E-state index < -0.39 is 0 Å². The van der Waals surface area contributed by atoms with Crippen molar-refractivity contribution in [3.63, 3.8) is 0 Å². The lowest BCUT2D eigenvalue weighted by Gasteiger charge is -2.20. The zero-order valence-corrected chi connectivity index (χ0v) is 11.7. The monoisotopic (exact) mass is 237 g/mol. The van der Waals surface area contributed by atoms with Gasteiger partial charge < -0.3 is 5.32 Å². The Morgan fingerprint density at radius 3 is 2.65 bits per heavy atom. The van der Waals surface area contributed by atoms with E-state index in [1.165, 1.54) is 24.8 Å². The summed E-state index contributed by atoms with van der Waals surface area (Å²) in [5.41, 5.74) is 1.35. The Hall–Kier alpha value is -0.830. The number of rotatable bonds is 8. The molecular weight excluding hydrogens is 210 g/mol. The Kier molecular flexibility index (Phi) is 6.27. The molecule has 0 spiro atoms. The molecule has 3 nitrogen and oxygen atoms in total. The Bertz CT molecular complexity index is 304. The van der Waals surface area contributed by atoms with Crippen molar-refractivity contribution in [2.45, 2.75) is 72.0 Å². The summed E-state index contributed by atoms with van der Waals surface area (Å²) in [5, 5.41) is 7.99. The van der Waals surface area contributed by atoms with Crippen molar-refractivity contribution in [1.29, 1.82) is 0 Å². The van der Waals surface area contributed by atoms with Gasteiger partial charge in [-0.2, -0.15) is 5.10 Å². The molecular formula is C14H27N3. The van der Waals surface area contributed by atoms with Crippen LogP contribution in [0.15, 0.2) is 12.4 Å². The molecule has 0 saturated carbocycles. The van der Waals surface area contributed by atoms with Crippen LogP contribution in [-0.4, -0.2) is 21.9 Å². The molecule has 0 aliphatic carbocycles. The average Bonchev–Trinajstić information content (AvgIpc) is 2.73. The molecule has 1 aromatic heterocycles. The second-order valence-corrected chi connectivity index (χ2v) is 5.07. The molecule has 1 heterocycles. The Labute approximate surface area is 106 Å². The molecule has 0 aromatic carbocycles. The third kappa shape index (κ3) is 5.35. The lowest BCUT2D eigenvalue weighted by molar-refractivity contribution is 0.424. The number of nitrogens with zero attached hydrogens (tertiary/aromatic N) is 2. The lowest BCUT2D eigenvalue weighted by atomic mass is 10.0. The van der Waals surface area contributed by atoms with Crippen molar-refractivity contribution < 1.29 is 0 Å².